The number of hydrogen-bond acceptors (Lipinski definition) is 1. The molecule has 0 spiro atoms. The normalized spacial score (nSPS) is 27.6. The van der Waals surface area contributed by atoms with Gasteiger partial charge in [0.1, 0.15) is 0 Å². The van der Waals surface area contributed by atoms with Crippen LogP contribution < -0.4 is 0 Å². The molecule has 15 heavy (non-hydrogen) atoms. The quantitative estimate of drug-likeness (QED) is 0.713. The summed E-state index contributed by atoms with van der Waals surface area (Å²) in [5.41, 5.74) is 1.13. The summed E-state index contributed by atoms with van der Waals surface area (Å²) < 4.78 is 0. The van der Waals surface area contributed by atoms with E-state index in [0.717, 1.165) is 30.5 Å². The van der Waals surface area contributed by atoms with Gasteiger partial charge in [0.25, 0.3) is 0 Å². The Hall–Kier alpha value is -1.31. The van der Waals surface area contributed by atoms with Gasteiger partial charge in [0.15, 0.2) is 0 Å². The van der Waals surface area contributed by atoms with Crippen molar-refractivity contribution < 1.29 is 4.79 Å². The van der Waals surface area contributed by atoms with Crippen LogP contribution in [0, 0.1) is 11.8 Å². The summed E-state index contributed by atoms with van der Waals surface area (Å²) in [6, 6.07) is 10.0. The van der Waals surface area contributed by atoms with Crippen LogP contribution in [-0.4, -0.2) is 23.9 Å². The number of rotatable bonds is 2. The van der Waals surface area contributed by atoms with E-state index in [4.69, 9.17) is 0 Å². The van der Waals surface area contributed by atoms with Gasteiger partial charge in [-0.1, -0.05) is 30.3 Å². The Bertz CT molecular complexity index is 363. The molecule has 2 unspecified atom stereocenters. The summed E-state index contributed by atoms with van der Waals surface area (Å²) in [5.74, 6) is 1.97. The SMILES string of the molecule is O=C(Cc1ccccc1)N1CC2CC2C1. The molecule has 1 aromatic carbocycles. The Balaban J connectivity index is 1.61. The summed E-state index contributed by atoms with van der Waals surface area (Å²) in [6.07, 6.45) is 1.93. The Morgan fingerprint density at radius 3 is 2.53 bits per heavy atom. The molecule has 78 valence electrons. The molecule has 2 heteroatoms. The molecule has 1 saturated carbocycles. The number of amides is 1. The van der Waals surface area contributed by atoms with Crippen molar-refractivity contribution in [1.29, 1.82) is 0 Å². The number of piperidine rings is 1. The number of hydrogen-bond donors (Lipinski definition) is 0. The number of carbonyl (C=O) groups is 1. The van der Waals surface area contributed by atoms with Crippen LogP contribution in [0.5, 0.6) is 0 Å². The molecule has 2 fully saturated rings. The average Bonchev–Trinajstić information content (AvgIpc) is 2.87. The molecular formula is C13H15NO. The van der Waals surface area contributed by atoms with Crippen LogP contribution in [0.25, 0.3) is 0 Å². The van der Waals surface area contributed by atoms with Gasteiger partial charge in [-0.15, -0.1) is 0 Å². The van der Waals surface area contributed by atoms with Crippen LogP contribution in [-0.2, 0) is 11.2 Å². The van der Waals surface area contributed by atoms with Crippen LogP contribution >= 0.6 is 0 Å². The number of nitrogens with zero attached hydrogens (tertiary/aromatic N) is 1. The van der Waals surface area contributed by atoms with E-state index in [1.807, 2.05) is 35.2 Å². The first-order chi connectivity index (χ1) is 7.33. The van der Waals surface area contributed by atoms with Crippen molar-refractivity contribution in [2.45, 2.75) is 12.8 Å². The highest BCUT2D eigenvalue weighted by atomic mass is 16.2. The van der Waals surface area contributed by atoms with Crippen LogP contribution in [0.1, 0.15) is 12.0 Å². The molecule has 1 aliphatic heterocycles. The molecule has 0 aromatic heterocycles. The zero-order valence-corrected chi connectivity index (χ0v) is 8.73. The largest absolute Gasteiger partial charge is 0.342 e. The number of benzene rings is 1. The fourth-order valence-corrected chi connectivity index (χ4v) is 2.48. The van der Waals surface area contributed by atoms with Crippen molar-refractivity contribution in [1.82, 2.24) is 4.90 Å². The summed E-state index contributed by atoms with van der Waals surface area (Å²) in [4.78, 5) is 13.9. The number of likely N-dealkylation sites (tertiary alicyclic amines) is 1. The van der Waals surface area contributed by atoms with Crippen molar-refractivity contribution in [3.05, 3.63) is 35.9 Å². The first kappa shape index (κ1) is 8.96. The molecule has 1 saturated heterocycles. The third kappa shape index (κ3) is 1.76. The van der Waals surface area contributed by atoms with E-state index < -0.39 is 0 Å². The van der Waals surface area contributed by atoms with Crippen molar-refractivity contribution in [2.24, 2.45) is 11.8 Å². The third-order valence-electron chi connectivity index (χ3n) is 3.53. The fraction of sp³-hybridized carbons (Fsp3) is 0.462. The van der Waals surface area contributed by atoms with Gasteiger partial charge in [0.2, 0.25) is 5.91 Å². The van der Waals surface area contributed by atoms with E-state index in [-0.39, 0.29) is 0 Å². The second-order valence-corrected chi connectivity index (χ2v) is 4.72. The molecule has 3 rings (SSSR count). The Kier molecular flexibility index (Phi) is 2.01. The van der Waals surface area contributed by atoms with Crippen LogP contribution in [0.15, 0.2) is 30.3 Å². The number of carbonyl (C=O) groups excluding carboxylic acids is 1. The van der Waals surface area contributed by atoms with Gasteiger partial charge in [-0.05, 0) is 23.8 Å². The predicted molar refractivity (Wildman–Crippen MR) is 58.3 cm³/mol. The van der Waals surface area contributed by atoms with E-state index in [9.17, 15) is 4.79 Å². The smallest absolute Gasteiger partial charge is 0.227 e. The maximum Gasteiger partial charge on any atom is 0.227 e. The lowest BCUT2D eigenvalue weighted by Gasteiger charge is -2.17. The lowest BCUT2D eigenvalue weighted by atomic mass is 10.1. The molecule has 1 aromatic rings. The highest BCUT2D eigenvalue weighted by Gasteiger charge is 2.46. The van der Waals surface area contributed by atoms with Crippen LogP contribution in [0.3, 0.4) is 0 Å². The van der Waals surface area contributed by atoms with Crippen molar-refractivity contribution in [3.63, 3.8) is 0 Å². The summed E-state index contributed by atoms with van der Waals surface area (Å²) >= 11 is 0. The lowest BCUT2D eigenvalue weighted by molar-refractivity contribution is -0.129. The molecule has 2 nitrogen and oxygen atoms in total. The molecule has 1 heterocycles. The molecule has 1 aliphatic carbocycles. The third-order valence-corrected chi connectivity index (χ3v) is 3.53. The maximum atomic E-state index is 11.9. The van der Waals surface area contributed by atoms with Crippen LogP contribution in [0.2, 0.25) is 0 Å². The average molecular weight is 201 g/mol. The van der Waals surface area contributed by atoms with Gasteiger partial charge in [-0.2, -0.15) is 0 Å². The second-order valence-electron chi connectivity index (χ2n) is 4.72. The van der Waals surface area contributed by atoms with Gasteiger partial charge < -0.3 is 4.90 Å². The van der Waals surface area contributed by atoms with E-state index in [0.29, 0.717) is 12.3 Å². The topological polar surface area (TPSA) is 20.3 Å². The summed E-state index contributed by atoms with van der Waals surface area (Å²) in [7, 11) is 0. The van der Waals surface area contributed by atoms with Gasteiger partial charge in [0, 0.05) is 13.1 Å². The van der Waals surface area contributed by atoms with Gasteiger partial charge >= 0.3 is 0 Å². The molecule has 0 N–H and O–H groups in total. The molecule has 0 bridgehead atoms. The maximum absolute atomic E-state index is 11.9. The van der Waals surface area contributed by atoms with Gasteiger partial charge in [-0.25, -0.2) is 0 Å². The van der Waals surface area contributed by atoms with Crippen molar-refractivity contribution in [3.8, 4) is 0 Å². The predicted octanol–water partition coefficient (Wildman–Crippen LogP) is 1.71. The molecular weight excluding hydrogens is 186 g/mol. The molecule has 0 radical (unpaired) electrons. The minimum Gasteiger partial charge on any atom is -0.342 e. The summed E-state index contributed by atoms with van der Waals surface area (Å²) in [5, 5.41) is 0. The highest BCUT2D eigenvalue weighted by molar-refractivity contribution is 5.79. The monoisotopic (exact) mass is 201 g/mol. The van der Waals surface area contributed by atoms with E-state index in [2.05, 4.69) is 0 Å². The van der Waals surface area contributed by atoms with Crippen molar-refractivity contribution >= 4 is 5.91 Å². The zero-order valence-electron chi connectivity index (χ0n) is 8.73. The van der Waals surface area contributed by atoms with Gasteiger partial charge in [-0.3, -0.25) is 4.79 Å². The van der Waals surface area contributed by atoms with E-state index in [1.165, 1.54) is 6.42 Å². The Labute approximate surface area is 89.9 Å². The van der Waals surface area contributed by atoms with Crippen molar-refractivity contribution in [2.75, 3.05) is 13.1 Å². The summed E-state index contributed by atoms with van der Waals surface area (Å²) in [6.45, 7) is 2.02. The zero-order chi connectivity index (χ0) is 10.3. The van der Waals surface area contributed by atoms with E-state index >= 15 is 0 Å². The minimum atomic E-state index is 0.299. The number of fused-ring (bicyclic) bond motifs is 1. The fourth-order valence-electron chi connectivity index (χ4n) is 2.48. The molecule has 1 amide bonds. The molecule has 2 atom stereocenters. The van der Waals surface area contributed by atoms with Crippen LogP contribution in [0.4, 0.5) is 0 Å². The van der Waals surface area contributed by atoms with Gasteiger partial charge in [0.05, 0.1) is 6.42 Å². The van der Waals surface area contributed by atoms with E-state index in [1.54, 1.807) is 0 Å². The lowest BCUT2D eigenvalue weighted by Crippen LogP contribution is -2.31. The highest BCUT2D eigenvalue weighted by Crippen LogP contribution is 2.44. The Morgan fingerprint density at radius 1 is 1.20 bits per heavy atom. The standard InChI is InChI=1S/C13H15NO/c15-13(6-10-4-2-1-3-5-10)14-8-11-7-12(11)9-14/h1-5,11-12H,6-9H2. The first-order valence-corrected chi connectivity index (χ1v) is 5.64. The Morgan fingerprint density at radius 2 is 1.87 bits per heavy atom. The first-order valence-electron chi connectivity index (χ1n) is 5.64. The second kappa shape index (κ2) is 3.37. The minimum absolute atomic E-state index is 0.299. The molecule has 2 aliphatic rings.